The fourth-order valence-corrected chi connectivity index (χ4v) is 4.62. The van der Waals surface area contributed by atoms with Crippen LogP contribution < -0.4 is 9.62 Å². The van der Waals surface area contributed by atoms with Crippen molar-refractivity contribution in [1.29, 1.82) is 0 Å². The van der Waals surface area contributed by atoms with E-state index < -0.39 is 11.4 Å². The number of methoxy groups -OCH3 is 1. The molecule has 3 heterocycles. The van der Waals surface area contributed by atoms with E-state index >= 15 is 0 Å². The van der Waals surface area contributed by atoms with E-state index in [4.69, 9.17) is 4.74 Å². The van der Waals surface area contributed by atoms with Gasteiger partial charge in [0.25, 0.3) is 0 Å². The molecule has 1 fully saturated rings. The molecule has 1 unspecified atom stereocenters. The molecule has 0 saturated carbocycles. The topological polar surface area (TPSA) is 86.2 Å². The van der Waals surface area contributed by atoms with E-state index in [1.54, 1.807) is 19.6 Å². The molecule has 2 aromatic heterocycles. The summed E-state index contributed by atoms with van der Waals surface area (Å²) in [4.78, 5) is 16.3. The van der Waals surface area contributed by atoms with E-state index in [1.807, 2.05) is 50.2 Å². The van der Waals surface area contributed by atoms with Crippen molar-refractivity contribution in [3.05, 3.63) is 71.4 Å². The highest BCUT2D eigenvalue weighted by Crippen LogP contribution is 2.24. The predicted octanol–water partition coefficient (Wildman–Crippen LogP) is 3.64. The van der Waals surface area contributed by atoms with E-state index in [0.717, 1.165) is 54.3 Å². The zero-order chi connectivity index (χ0) is 23.2. The summed E-state index contributed by atoms with van der Waals surface area (Å²) in [5, 5.41) is 0. The minimum Gasteiger partial charge on any atom is -0.588 e. The largest absolute Gasteiger partial charge is 0.588 e. The second-order valence-corrected chi connectivity index (χ2v) is 9.08. The first-order chi connectivity index (χ1) is 16.0. The Kier molecular flexibility index (Phi) is 7.45. The van der Waals surface area contributed by atoms with Crippen molar-refractivity contribution in [3.8, 4) is 11.8 Å². The Labute approximate surface area is 198 Å². The number of aryl methyl sites for hydroxylation is 2. The summed E-state index contributed by atoms with van der Waals surface area (Å²) < 4.78 is 21.2. The van der Waals surface area contributed by atoms with Gasteiger partial charge in [-0.15, -0.1) is 0 Å². The number of anilines is 2. The summed E-state index contributed by atoms with van der Waals surface area (Å²) >= 11 is -1.38. The van der Waals surface area contributed by atoms with Crippen LogP contribution in [0.25, 0.3) is 0 Å². The van der Waals surface area contributed by atoms with Crippen LogP contribution in [0.15, 0.2) is 53.8 Å². The molecule has 0 radical (unpaired) electrons. The van der Waals surface area contributed by atoms with E-state index in [-0.39, 0.29) is 0 Å². The van der Waals surface area contributed by atoms with Crippen molar-refractivity contribution in [2.45, 2.75) is 37.7 Å². The standard InChI is InChI=1S/C25H27N5O2S/c1-18-23(25(28-17-27-18)30-13-11-21(32-3)12-14-30)10-9-20-15-24(19(2)26-16-20)29-33(31)22-7-5-4-6-8-22/h4-8,15-17,21,29H,11-14H2,1-3H3. The van der Waals surface area contributed by atoms with Crippen LogP contribution >= 0.6 is 0 Å². The molecular weight excluding hydrogens is 434 g/mol. The number of nitrogens with one attached hydrogen (secondary N) is 1. The molecule has 170 valence electrons. The Morgan fingerprint density at radius 2 is 1.82 bits per heavy atom. The average Bonchev–Trinajstić information content (AvgIpc) is 2.85. The van der Waals surface area contributed by atoms with Crippen LogP contribution in [0, 0.1) is 25.7 Å². The van der Waals surface area contributed by atoms with Gasteiger partial charge in [-0.3, -0.25) is 4.98 Å². The minimum absolute atomic E-state index is 0.296. The average molecular weight is 462 g/mol. The lowest BCUT2D eigenvalue weighted by atomic mass is 10.1. The highest BCUT2D eigenvalue weighted by atomic mass is 32.2. The second kappa shape index (κ2) is 10.7. The molecule has 3 aromatic rings. The van der Waals surface area contributed by atoms with Crippen molar-refractivity contribution in [2.24, 2.45) is 0 Å². The number of aromatic nitrogens is 3. The maximum atomic E-state index is 12.7. The fourth-order valence-electron chi connectivity index (χ4n) is 3.69. The first-order valence-electron chi connectivity index (χ1n) is 10.9. The first kappa shape index (κ1) is 23.1. The van der Waals surface area contributed by atoms with Gasteiger partial charge in [0.15, 0.2) is 4.90 Å². The number of benzene rings is 1. The minimum atomic E-state index is -1.38. The number of rotatable bonds is 5. The molecule has 0 aliphatic carbocycles. The summed E-state index contributed by atoms with van der Waals surface area (Å²) in [5.41, 5.74) is 3.82. The van der Waals surface area contributed by atoms with E-state index in [9.17, 15) is 4.55 Å². The monoisotopic (exact) mass is 461 g/mol. The molecule has 8 heteroatoms. The molecule has 1 atom stereocenters. The SMILES string of the molecule is COC1CCN(c2ncnc(C)c2C#Cc2cnc(C)c(N[S+]([O-])c3ccccc3)c2)CC1. The molecule has 1 aliphatic rings. The van der Waals surface area contributed by atoms with Crippen LogP contribution in [-0.4, -0.2) is 45.8 Å². The number of hydrogen-bond donors (Lipinski definition) is 1. The van der Waals surface area contributed by atoms with Gasteiger partial charge in [0.1, 0.15) is 29.2 Å². The van der Waals surface area contributed by atoms with Gasteiger partial charge in [-0.25, -0.2) is 14.7 Å². The lowest BCUT2D eigenvalue weighted by molar-refractivity contribution is 0.0818. The van der Waals surface area contributed by atoms with Gasteiger partial charge in [0, 0.05) is 32.0 Å². The molecule has 7 nitrogen and oxygen atoms in total. The lowest BCUT2D eigenvalue weighted by Gasteiger charge is -2.32. The Morgan fingerprint density at radius 1 is 1.06 bits per heavy atom. The maximum absolute atomic E-state index is 12.7. The summed E-state index contributed by atoms with van der Waals surface area (Å²) in [7, 11) is 1.76. The molecule has 0 amide bonds. The molecule has 0 bridgehead atoms. The smallest absolute Gasteiger partial charge is 0.179 e. The number of nitrogens with zero attached hydrogens (tertiary/aromatic N) is 4. The Hall–Kier alpha value is -3.12. The van der Waals surface area contributed by atoms with Crippen molar-refractivity contribution in [3.63, 3.8) is 0 Å². The van der Waals surface area contributed by atoms with Gasteiger partial charge in [0.2, 0.25) is 0 Å². The third-order valence-corrected chi connectivity index (χ3v) is 6.78. The summed E-state index contributed by atoms with van der Waals surface area (Å²) in [6, 6.07) is 11.1. The highest BCUT2D eigenvalue weighted by molar-refractivity contribution is 7.92. The summed E-state index contributed by atoms with van der Waals surface area (Å²) in [6.45, 7) is 5.56. The van der Waals surface area contributed by atoms with Crippen LogP contribution in [0.1, 0.15) is 35.4 Å². The number of pyridine rings is 1. The number of piperidine rings is 1. The summed E-state index contributed by atoms with van der Waals surface area (Å²) in [6.07, 6.45) is 5.53. The van der Waals surface area contributed by atoms with Crippen LogP contribution in [0.3, 0.4) is 0 Å². The maximum Gasteiger partial charge on any atom is 0.179 e. The van der Waals surface area contributed by atoms with Gasteiger partial charge in [-0.2, -0.15) is 0 Å². The van der Waals surface area contributed by atoms with Crippen molar-refractivity contribution in [2.75, 3.05) is 29.8 Å². The Bertz CT molecular complexity index is 1150. The van der Waals surface area contributed by atoms with Crippen LogP contribution in [-0.2, 0) is 16.1 Å². The van der Waals surface area contributed by atoms with E-state index in [0.29, 0.717) is 16.7 Å². The lowest BCUT2D eigenvalue weighted by Crippen LogP contribution is -2.37. The second-order valence-electron chi connectivity index (χ2n) is 7.87. The van der Waals surface area contributed by atoms with Crippen molar-refractivity contribution in [1.82, 2.24) is 15.0 Å². The molecule has 1 N–H and O–H groups in total. The van der Waals surface area contributed by atoms with Crippen LogP contribution in [0.4, 0.5) is 11.5 Å². The van der Waals surface area contributed by atoms with Gasteiger partial charge in [0.05, 0.1) is 23.1 Å². The third-order valence-electron chi connectivity index (χ3n) is 5.67. The van der Waals surface area contributed by atoms with Gasteiger partial charge < -0.3 is 14.2 Å². The molecule has 0 spiro atoms. The molecule has 1 aromatic carbocycles. The van der Waals surface area contributed by atoms with Crippen molar-refractivity contribution >= 4 is 22.9 Å². The Morgan fingerprint density at radius 3 is 2.55 bits per heavy atom. The molecule has 1 aliphatic heterocycles. The quantitative estimate of drug-likeness (QED) is 0.459. The fraction of sp³-hybridized carbons (Fsp3) is 0.320. The highest BCUT2D eigenvalue weighted by Gasteiger charge is 2.22. The van der Waals surface area contributed by atoms with Crippen LogP contribution in [0.2, 0.25) is 0 Å². The number of ether oxygens (including phenoxy) is 1. The van der Waals surface area contributed by atoms with Crippen molar-refractivity contribution < 1.29 is 9.29 Å². The first-order valence-corrected chi connectivity index (χ1v) is 12.0. The predicted molar refractivity (Wildman–Crippen MR) is 130 cm³/mol. The molecular formula is C25H27N5O2S. The molecule has 33 heavy (non-hydrogen) atoms. The number of hydrogen-bond acceptors (Lipinski definition) is 7. The van der Waals surface area contributed by atoms with E-state index in [1.165, 1.54) is 0 Å². The summed E-state index contributed by atoms with van der Waals surface area (Å²) in [5.74, 6) is 7.31. The zero-order valence-corrected chi connectivity index (χ0v) is 19.9. The van der Waals surface area contributed by atoms with E-state index in [2.05, 4.69) is 36.4 Å². The molecule has 1 saturated heterocycles. The van der Waals surface area contributed by atoms with Crippen LogP contribution in [0.5, 0.6) is 0 Å². The van der Waals surface area contributed by atoms with Gasteiger partial charge in [-0.1, -0.05) is 30.0 Å². The normalized spacial score (nSPS) is 15.0. The Balaban J connectivity index is 1.57. The van der Waals surface area contributed by atoms with Gasteiger partial charge >= 0.3 is 0 Å². The third kappa shape index (κ3) is 5.63. The van der Waals surface area contributed by atoms with Gasteiger partial charge in [-0.05, 0) is 44.9 Å². The zero-order valence-electron chi connectivity index (χ0n) is 19.0. The molecule has 4 rings (SSSR count).